The van der Waals surface area contributed by atoms with E-state index in [2.05, 4.69) is 49.8 Å². The smallest absolute Gasteiger partial charge is 0.194 e. The number of rotatable bonds is 3. The molecule has 2 unspecified atom stereocenters. The molecule has 2 atom stereocenters. The van der Waals surface area contributed by atoms with E-state index in [1.807, 2.05) is 0 Å². The Balaban J connectivity index is 2.10. The maximum Gasteiger partial charge on any atom is 0.194 e. The van der Waals surface area contributed by atoms with E-state index < -0.39 is 0 Å². The number of thiazole rings is 1. The van der Waals surface area contributed by atoms with Crippen molar-refractivity contribution in [2.45, 2.75) is 47.6 Å². The monoisotopic (exact) mass is 308 g/mol. The Bertz CT molecular complexity index is 484. The first-order chi connectivity index (χ1) is 9.99. The number of nitrogens with one attached hydrogen (secondary N) is 1. The van der Waals surface area contributed by atoms with Gasteiger partial charge in [-0.1, -0.05) is 13.8 Å². The van der Waals surface area contributed by atoms with E-state index in [9.17, 15) is 0 Å². The first-order valence-corrected chi connectivity index (χ1v) is 8.77. The minimum atomic E-state index is 0.735. The van der Waals surface area contributed by atoms with Crippen LogP contribution in [0, 0.1) is 25.7 Å². The number of nitrogens with zero attached hydrogens (tertiary/aromatic N) is 3. The van der Waals surface area contributed by atoms with Crippen LogP contribution in [0.4, 0.5) is 0 Å². The summed E-state index contributed by atoms with van der Waals surface area (Å²) in [4.78, 5) is 13.0. The molecule has 0 radical (unpaired) electrons. The van der Waals surface area contributed by atoms with Crippen molar-refractivity contribution in [3.8, 4) is 0 Å². The van der Waals surface area contributed by atoms with E-state index in [1.54, 1.807) is 11.3 Å². The lowest BCUT2D eigenvalue weighted by Gasteiger charge is -2.37. The summed E-state index contributed by atoms with van der Waals surface area (Å²) in [5.74, 6) is 2.54. The van der Waals surface area contributed by atoms with E-state index in [0.717, 1.165) is 54.7 Å². The summed E-state index contributed by atoms with van der Waals surface area (Å²) in [6.07, 6.45) is 1.32. The molecule has 2 heterocycles. The molecular formula is C16H28N4S. The Kier molecular flexibility index (Phi) is 5.62. The van der Waals surface area contributed by atoms with Crippen molar-refractivity contribution in [2.75, 3.05) is 19.6 Å². The molecule has 0 saturated carbocycles. The number of hydrogen-bond donors (Lipinski definition) is 1. The predicted octanol–water partition coefficient (Wildman–Crippen LogP) is 3.20. The third kappa shape index (κ3) is 4.43. The minimum Gasteiger partial charge on any atom is -0.357 e. The number of piperidine rings is 1. The molecule has 4 nitrogen and oxygen atoms in total. The highest BCUT2D eigenvalue weighted by atomic mass is 32.1. The first kappa shape index (κ1) is 16.3. The third-order valence-electron chi connectivity index (χ3n) is 3.88. The summed E-state index contributed by atoms with van der Waals surface area (Å²) in [6, 6.07) is 0. The van der Waals surface area contributed by atoms with Gasteiger partial charge in [0.15, 0.2) is 5.96 Å². The number of aryl methyl sites for hydroxylation is 2. The van der Waals surface area contributed by atoms with Gasteiger partial charge in [0.25, 0.3) is 0 Å². The van der Waals surface area contributed by atoms with Crippen molar-refractivity contribution in [3.05, 3.63) is 15.6 Å². The average Bonchev–Trinajstić information content (AvgIpc) is 2.71. The molecule has 1 N–H and O–H groups in total. The Labute approximate surface area is 132 Å². The standard InChI is InChI=1S/C16H28N4S/c1-6-17-16(20-9-11(2)7-12(3)10-20)18-8-15-13(4)19-14(5)21-15/h11-12H,6-10H2,1-5H3,(H,17,18). The molecular weight excluding hydrogens is 280 g/mol. The fourth-order valence-corrected chi connectivity index (χ4v) is 3.99. The quantitative estimate of drug-likeness (QED) is 0.688. The molecule has 1 aliphatic rings. The summed E-state index contributed by atoms with van der Waals surface area (Å²) in [6.45, 7) is 14.8. The number of hydrogen-bond acceptors (Lipinski definition) is 3. The Morgan fingerprint density at radius 3 is 2.52 bits per heavy atom. The van der Waals surface area contributed by atoms with Gasteiger partial charge in [-0.05, 0) is 39.0 Å². The molecule has 5 heteroatoms. The average molecular weight is 308 g/mol. The van der Waals surface area contributed by atoms with E-state index >= 15 is 0 Å². The van der Waals surface area contributed by atoms with Crippen LogP contribution in [0.5, 0.6) is 0 Å². The van der Waals surface area contributed by atoms with Gasteiger partial charge in [-0.25, -0.2) is 9.98 Å². The lowest BCUT2D eigenvalue weighted by atomic mass is 9.92. The van der Waals surface area contributed by atoms with Gasteiger partial charge in [-0.15, -0.1) is 11.3 Å². The summed E-state index contributed by atoms with van der Waals surface area (Å²) < 4.78 is 0. The number of likely N-dealkylation sites (tertiary alicyclic amines) is 1. The highest BCUT2D eigenvalue weighted by Crippen LogP contribution is 2.22. The number of guanidine groups is 1. The van der Waals surface area contributed by atoms with Crippen LogP contribution >= 0.6 is 11.3 Å². The van der Waals surface area contributed by atoms with E-state index in [-0.39, 0.29) is 0 Å². The fraction of sp³-hybridized carbons (Fsp3) is 0.750. The second kappa shape index (κ2) is 7.25. The molecule has 2 rings (SSSR count). The molecule has 1 aliphatic heterocycles. The van der Waals surface area contributed by atoms with Gasteiger partial charge >= 0.3 is 0 Å². The molecule has 0 amide bonds. The van der Waals surface area contributed by atoms with Crippen molar-refractivity contribution in [1.82, 2.24) is 15.2 Å². The molecule has 21 heavy (non-hydrogen) atoms. The Hall–Kier alpha value is -1.10. The second-order valence-corrected chi connectivity index (χ2v) is 7.55. The molecule has 0 aromatic carbocycles. The molecule has 1 aromatic rings. The van der Waals surface area contributed by atoms with Crippen LogP contribution in [0.25, 0.3) is 0 Å². The predicted molar refractivity (Wildman–Crippen MR) is 90.9 cm³/mol. The summed E-state index contributed by atoms with van der Waals surface area (Å²) in [7, 11) is 0. The van der Waals surface area contributed by atoms with Gasteiger partial charge in [0, 0.05) is 24.5 Å². The highest BCUT2D eigenvalue weighted by molar-refractivity contribution is 7.11. The van der Waals surface area contributed by atoms with Gasteiger partial charge < -0.3 is 10.2 Å². The van der Waals surface area contributed by atoms with Crippen molar-refractivity contribution < 1.29 is 0 Å². The minimum absolute atomic E-state index is 0.735. The molecule has 118 valence electrons. The van der Waals surface area contributed by atoms with Gasteiger partial charge in [0.1, 0.15) is 0 Å². The Morgan fingerprint density at radius 1 is 1.33 bits per heavy atom. The molecule has 1 fully saturated rings. The van der Waals surface area contributed by atoms with Crippen LogP contribution in [-0.2, 0) is 6.54 Å². The normalized spacial score (nSPS) is 23.5. The lowest BCUT2D eigenvalue weighted by Crippen LogP contribution is -2.48. The molecule has 0 aliphatic carbocycles. The van der Waals surface area contributed by atoms with Gasteiger partial charge in [0.05, 0.1) is 17.2 Å². The number of aromatic nitrogens is 1. The van der Waals surface area contributed by atoms with Crippen LogP contribution in [-0.4, -0.2) is 35.5 Å². The zero-order chi connectivity index (χ0) is 15.4. The van der Waals surface area contributed by atoms with Gasteiger partial charge in [0.2, 0.25) is 0 Å². The van der Waals surface area contributed by atoms with Gasteiger partial charge in [-0.3, -0.25) is 0 Å². The van der Waals surface area contributed by atoms with Crippen molar-refractivity contribution in [3.63, 3.8) is 0 Å². The van der Waals surface area contributed by atoms with Crippen LogP contribution in [0.1, 0.15) is 42.8 Å². The fourth-order valence-electron chi connectivity index (χ4n) is 3.13. The van der Waals surface area contributed by atoms with E-state index in [0.29, 0.717) is 0 Å². The zero-order valence-electron chi connectivity index (χ0n) is 13.9. The Morgan fingerprint density at radius 2 is 2.00 bits per heavy atom. The SMILES string of the molecule is CCNC(=NCc1sc(C)nc1C)N1CC(C)CC(C)C1. The third-order valence-corrected chi connectivity index (χ3v) is 4.93. The topological polar surface area (TPSA) is 40.5 Å². The van der Waals surface area contributed by atoms with Crippen LogP contribution < -0.4 is 5.32 Å². The maximum atomic E-state index is 4.85. The lowest BCUT2D eigenvalue weighted by molar-refractivity contribution is 0.208. The molecule has 1 saturated heterocycles. The molecule has 0 spiro atoms. The molecule has 0 bridgehead atoms. The van der Waals surface area contributed by atoms with E-state index in [1.165, 1.54) is 11.3 Å². The summed E-state index contributed by atoms with van der Waals surface area (Å²) >= 11 is 1.76. The largest absolute Gasteiger partial charge is 0.357 e. The van der Waals surface area contributed by atoms with Crippen LogP contribution in [0.3, 0.4) is 0 Å². The van der Waals surface area contributed by atoms with Crippen LogP contribution in [0.15, 0.2) is 4.99 Å². The van der Waals surface area contributed by atoms with Crippen molar-refractivity contribution in [2.24, 2.45) is 16.8 Å². The maximum absolute atomic E-state index is 4.85. The number of aliphatic imine (C=N–C) groups is 1. The summed E-state index contributed by atoms with van der Waals surface area (Å²) in [5, 5.41) is 4.58. The molecule has 1 aromatic heterocycles. The van der Waals surface area contributed by atoms with Crippen LogP contribution in [0.2, 0.25) is 0 Å². The van der Waals surface area contributed by atoms with Crippen molar-refractivity contribution >= 4 is 17.3 Å². The van der Waals surface area contributed by atoms with E-state index in [4.69, 9.17) is 4.99 Å². The zero-order valence-corrected chi connectivity index (χ0v) is 14.8. The summed E-state index contributed by atoms with van der Waals surface area (Å²) in [5.41, 5.74) is 1.12. The van der Waals surface area contributed by atoms with Gasteiger partial charge in [-0.2, -0.15) is 0 Å². The second-order valence-electron chi connectivity index (χ2n) is 6.26. The highest BCUT2D eigenvalue weighted by Gasteiger charge is 2.24. The van der Waals surface area contributed by atoms with Crippen molar-refractivity contribution in [1.29, 1.82) is 0 Å². The first-order valence-electron chi connectivity index (χ1n) is 7.95.